The molecule has 3 rings (SSSR count). The van der Waals surface area contributed by atoms with Crippen molar-refractivity contribution < 1.29 is 19.2 Å². The quantitative estimate of drug-likeness (QED) is 0.531. The van der Waals surface area contributed by atoms with E-state index in [1.807, 2.05) is 41.8 Å². The number of para-hydroxylation sites is 1. The fourth-order valence-electron chi connectivity index (χ4n) is 3.89. The zero-order valence-corrected chi connectivity index (χ0v) is 19.2. The average Bonchev–Trinajstić information content (AvgIpc) is 2.96. The van der Waals surface area contributed by atoms with Crippen LogP contribution in [0.5, 0.6) is 0 Å². The molecule has 0 aromatic heterocycles. The van der Waals surface area contributed by atoms with Crippen molar-refractivity contribution in [2.75, 3.05) is 44.6 Å². The van der Waals surface area contributed by atoms with Crippen molar-refractivity contribution in [2.45, 2.75) is 39.7 Å². The number of nitrogens with zero attached hydrogens (tertiary/aromatic N) is 3. The number of rotatable bonds is 7. The van der Waals surface area contributed by atoms with E-state index in [1.54, 1.807) is 13.8 Å². The minimum Gasteiger partial charge on any atom is -0.324 e. The lowest BCUT2D eigenvalue weighted by Crippen LogP contribution is -2.54. The van der Waals surface area contributed by atoms with Crippen LogP contribution in [0.2, 0.25) is 0 Å². The van der Waals surface area contributed by atoms with Gasteiger partial charge in [-0.25, -0.2) is 4.79 Å². The molecule has 2 saturated heterocycles. The normalized spacial score (nSPS) is 22.1. The van der Waals surface area contributed by atoms with Crippen molar-refractivity contribution in [1.29, 1.82) is 0 Å². The molecule has 0 spiro atoms. The van der Waals surface area contributed by atoms with Crippen LogP contribution in [-0.4, -0.2) is 83.4 Å². The lowest BCUT2D eigenvalue weighted by molar-refractivity contribution is -0.139. The molecule has 0 bridgehead atoms. The highest BCUT2D eigenvalue weighted by Gasteiger charge is 2.47. The summed E-state index contributed by atoms with van der Waals surface area (Å²) in [6, 6.07) is 5.28. The Hall–Kier alpha value is -2.98. The Bertz CT molecular complexity index is 891. The number of anilines is 1. The Kier molecular flexibility index (Phi) is 7.15. The van der Waals surface area contributed by atoms with Gasteiger partial charge >= 0.3 is 6.03 Å². The number of urea groups is 1. The number of carbonyl (C=O) groups excluding carboxylic acids is 4. The molecule has 1 atom stereocenters. The third-order valence-corrected chi connectivity index (χ3v) is 6.15. The van der Waals surface area contributed by atoms with Gasteiger partial charge in [0.1, 0.15) is 5.54 Å². The largest absolute Gasteiger partial charge is 0.344 e. The van der Waals surface area contributed by atoms with Gasteiger partial charge in [0.2, 0.25) is 5.91 Å². The van der Waals surface area contributed by atoms with E-state index in [0.717, 1.165) is 21.8 Å². The monoisotopic (exact) mass is 444 g/mol. The first-order valence-corrected chi connectivity index (χ1v) is 10.9. The molecule has 0 radical (unpaired) electrons. The number of benzene rings is 1. The van der Waals surface area contributed by atoms with Gasteiger partial charge in [-0.2, -0.15) is 5.01 Å². The van der Waals surface area contributed by atoms with E-state index in [4.69, 9.17) is 0 Å². The van der Waals surface area contributed by atoms with Crippen molar-refractivity contribution in [1.82, 2.24) is 25.6 Å². The van der Waals surface area contributed by atoms with Gasteiger partial charge < -0.3 is 10.6 Å². The molecular weight excluding hydrogens is 412 g/mol. The lowest BCUT2D eigenvalue weighted by Gasteiger charge is -2.34. The zero-order valence-electron chi connectivity index (χ0n) is 19.2. The summed E-state index contributed by atoms with van der Waals surface area (Å²) in [5.74, 6) is -0.945. The molecule has 1 aromatic rings. The molecular formula is C22H32N6O4. The Labute approximate surface area is 188 Å². The predicted octanol–water partition coefficient (Wildman–Crippen LogP) is 0.611. The fourth-order valence-corrected chi connectivity index (χ4v) is 3.89. The lowest BCUT2D eigenvalue weighted by atomic mass is 10.00. The molecule has 0 aliphatic carbocycles. The summed E-state index contributed by atoms with van der Waals surface area (Å²) in [4.78, 5) is 53.2. The summed E-state index contributed by atoms with van der Waals surface area (Å²) in [5.41, 5.74) is 4.32. The standard InChI is InChI=1S/C22H32N6O4/c1-5-22(4)20(31)28(21(32)24-22)25-18(30)14-27-11-9-26(10-12-27)13-17(29)23-19-15(2)7-6-8-16(19)3/h6-8H,5,9-14H2,1-4H3,(H,23,29)(H,24,32)(H,25,30). The van der Waals surface area contributed by atoms with Crippen LogP contribution in [0.1, 0.15) is 31.4 Å². The van der Waals surface area contributed by atoms with Gasteiger partial charge in [0, 0.05) is 31.9 Å². The summed E-state index contributed by atoms with van der Waals surface area (Å²) < 4.78 is 0. The number of hydrogen-bond acceptors (Lipinski definition) is 6. The smallest absolute Gasteiger partial charge is 0.324 e. The van der Waals surface area contributed by atoms with Crippen LogP contribution in [0.15, 0.2) is 18.2 Å². The summed E-state index contributed by atoms with van der Waals surface area (Å²) in [6.45, 7) is 10.2. The number of carbonyl (C=O) groups is 4. The topological polar surface area (TPSA) is 114 Å². The van der Waals surface area contributed by atoms with Crippen LogP contribution in [-0.2, 0) is 14.4 Å². The number of piperazine rings is 1. The number of amides is 5. The van der Waals surface area contributed by atoms with Crippen LogP contribution >= 0.6 is 0 Å². The number of imide groups is 1. The van der Waals surface area contributed by atoms with Gasteiger partial charge in [0.15, 0.2) is 0 Å². The molecule has 10 nitrogen and oxygen atoms in total. The first-order valence-electron chi connectivity index (χ1n) is 10.9. The van der Waals surface area contributed by atoms with Crippen molar-refractivity contribution in [3.05, 3.63) is 29.3 Å². The van der Waals surface area contributed by atoms with Gasteiger partial charge in [-0.15, -0.1) is 0 Å². The van der Waals surface area contributed by atoms with Gasteiger partial charge in [-0.05, 0) is 38.3 Å². The van der Waals surface area contributed by atoms with Crippen LogP contribution < -0.4 is 16.1 Å². The number of aryl methyl sites for hydroxylation is 2. The van der Waals surface area contributed by atoms with Gasteiger partial charge in [-0.1, -0.05) is 25.1 Å². The highest BCUT2D eigenvalue weighted by atomic mass is 16.2. The summed E-state index contributed by atoms with van der Waals surface area (Å²) >= 11 is 0. The van der Waals surface area contributed by atoms with Crippen LogP contribution in [0.25, 0.3) is 0 Å². The molecule has 2 fully saturated rings. The molecule has 1 aromatic carbocycles. The van der Waals surface area contributed by atoms with Crippen LogP contribution in [0.3, 0.4) is 0 Å². The molecule has 10 heteroatoms. The minimum atomic E-state index is -0.993. The van der Waals surface area contributed by atoms with E-state index < -0.39 is 23.4 Å². The second kappa shape index (κ2) is 9.66. The van der Waals surface area contributed by atoms with Crippen molar-refractivity contribution in [3.63, 3.8) is 0 Å². The van der Waals surface area contributed by atoms with E-state index in [0.29, 0.717) is 32.6 Å². The maximum atomic E-state index is 12.5. The summed E-state index contributed by atoms with van der Waals surface area (Å²) in [5, 5.41) is 6.36. The van der Waals surface area contributed by atoms with E-state index in [9.17, 15) is 19.2 Å². The van der Waals surface area contributed by atoms with Gasteiger partial charge in [0.05, 0.1) is 13.1 Å². The molecule has 2 heterocycles. The van der Waals surface area contributed by atoms with Gasteiger partial charge in [0.25, 0.3) is 11.8 Å². The molecule has 2 aliphatic heterocycles. The zero-order chi connectivity index (χ0) is 23.5. The van der Waals surface area contributed by atoms with E-state index in [2.05, 4.69) is 16.1 Å². The molecule has 1 unspecified atom stereocenters. The fraction of sp³-hybridized carbons (Fsp3) is 0.545. The van der Waals surface area contributed by atoms with Crippen LogP contribution in [0.4, 0.5) is 10.5 Å². The average molecular weight is 445 g/mol. The van der Waals surface area contributed by atoms with E-state index >= 15 is 0 Å². The molecule has 0 saturated carbocycles. The number of nitrogens with one attached hydrogen (secondary N) is 3. The molecule has 174 valence electrons. The Morgan fingerprint density at radius 1 is 1.00 bits per heavy atom. The minimum absolute atomic E-state index is 0.0638. The highest BCUT2D eigenvalue weighted by Crippen LogP contribution is 2.20. The molecule has 32 heavy (non-hydrogen) atoms. The first kappa shape index (κ1) is 23.7. The SMILES string of the molecule is CCC1(C)NC(=O)N(NC(=O)CN2CCN(CC(=O)Nc3c(C)cccc3C)CC2)C1=O. The number of hydrogen-bond donors (Lipinski definition) is 3. The first-order chi connectivity index (χ1) is 15.1. The van der Waals surface area contributed by atoms with Crippen molar-refractivity contribution >= 4 is 29.4 Å². The summed E-state index contributed by atoms with van der Waals surface area (Å²) in [6.07, 6.45) is 0.433. The highest BCUT2D eigenvalue weighted by molar-refractivity contribution is 6.07. The molecule has 3 N–H and O–H groups in total. The Morgan fingerprint density at radius 3 is 2.03 bits per heavy atom. The van der Waals surface area contributed by atoms with E-state index in [1.165, 1.54) is 0 Å². The third-order valence-electron chi connectivity index (χ3n) is 6.15. The number of hydrazine groups is 1. The van der Waals surface area contributed by atoms with Gasteiger partial charge in [-0.3, -0.25) is 29.6 Å². The second-order valence-electron chi connectivity index (χ2n) is 8.66. The van der Waals surface area contributed by atoms with E-state index in [-0.39, 0.29) is 19.0 Å². The third kappa shape index (κ3) is 5.25. The second-order valence-corrected chi connectivity index (χ2v) is 8.66. The summed E-state index contributed by atoms with van der Waals surface area (Å²) in [7, 11) is 0. The van der Waals surface area contributed by atoms with Crippen LogP contribution in [0, 0.1) is 13.8 Å². The van der Waals surface area contributed by atoms with Crippen molar-refractivity contribution in [2.24, 2.45) is 0 Å². The maximum Gasteiger partial charge on any atom is 0.344 e. The molecule has 5 amide bonds. The van der Waals surface area contributed by atoms with Crippen molar-refractivity contribution in [3.8, 4) is 0 Å². The molecule has 2 aliphatic rings. The predicted molar refractivity (Wildman–Crippen MR) is 120 cm³/mol. The Balaban J connectivity index is 1.43. The maximum absolute atomic E-state index is 12.5. The Morgan fingerprint density at radius 2 is 1.53 bits per heavy atom.